The second-order valence-corrected chi connectivity index (χ2v) is 4.47. The molecule has 98 valence electrons. The lowest BCUT2D eigenvalue weighted by Crippen LogP contribution is -2.22. The fourth-order valence-corrected chi connectivity index (χ4v) is 1.99. The highest BCUT2D eigenvalue weighted by Crippen LogP contribution is 2.13. The van der Waals surface area contributed by atoms with Crippen LogP contribution in [0, 0.1) is 0 Å². The van der Waals surface area contributed by atoms with Gasteiger partial charge in [-0.25, -0.2) is 0 Å². The van der Waals surface area contributed by atoms with Crippen LogP contribution >= 0.6 is 0 Å². The van der Waals surface area contributed by atoms with Crippen molar-refractivity contribution in [1.29, 1.82) is 0 Å². The molecule has 0 fully saturated rings. The number of nitrogens with one attached hydrogen (secondary N) is 2. The number of H-pyrrole nitrogens is 1. The van der Waals surface area contributed by atoms with E-state index in [1.54, 1.807) is 7.11 Å². The average molecular weight is 248 g/mol. The first-order chi connectivity index (χ1) is 8.79. The molecule has 18 heavy (non-hydrogen) atoms. The second-order valence-electron chi connectivity index (χ2n) is 4.47. The molecule has 1 aromatic carbocycles. The molecule has 1 heterocycles. The second kappa shape index (κ2) is 6.54. The Morgan fingerprint density at radius 3 is 3.11 bits per heavy atom. The van der Waals surface area contributed by atoms with Crippen LogP contribution in [0.2, 0.25) is 0 Å². The molecule has 1 unspecified atom stereocenters. The first kappa shape index (κ1) is 13.1. The lowest BCUT2D eigenvalue weighted by atomic mass is 10.1. The Morgan fingerprint density at radius 1 is 1.39 bits per heavy atom. The first-order valence-corrected chi connectivity index (χ1v) is 6.23. The van der Waals surface area contributed by atoms with Crippen LogP contribution < -0.4 is 5.32 Å². The molecule has 0 saturated carbocycles. The Hall–Kier alpha value is -1.36. The standard InChI is InChI=1S/C14H20N2O2/c1-18-10-13(17)5-6-15-9-11-2-3-14-12(8-11)4-7-16-14/h2-4,7-8,13,15-17H,5-6,9-10H2,1H3. The third-order valence-corrected chi connectivity index (χ3v) is 2.96. The van der Waals surface area contributed by atoms with Crippen molar-refractivity contribution >= 4 is 10.9 Å². The highest BCUT2D eigenvalue weighted by molar-refractivity contribution is 5.79. The molecular formula is C14H20N2O2. The number of hydrogen-bond donors (Lipinski definition) is 3. The van der Waals surface area contributed by atoms with Gasteiger partial charge >= 0.3 is 0 Å². The molecule has 4 nitrogen and oxygen atoms in total. The third kappa shape index (κ3) is 3.57. The minimum Gasteiger partial charge on any atom is -0.391 e. The van der Waals surface area contributed by atoms with Crippen LogP contribution in [0.15, 0.2) is 30.5 Å². The molecule has 4 heteroatoms. The topological polar surface area (TPSA) is 57.3 Å². The molecule has 0 aliphatic carbocycles. The van der Waals surface area contributed by atoms with Crippen LogP contribution in [0.4, 0.5) is 0 Å². The van der Waals surface area contributed by atoms with Crippen LogP contribution in [0.5, 0.6) is 0 Å². The number of aliphatic hydroxyl groups excluding tert-OH is 1. The van der Waals surface area contributed by atoms with Crippen molar-refractivity contribution in [3.05, 3.63) is 36.0 Å². The van der Waals surface area contributed by atoms with E-state index in [2.05, 4.69) is 34.6 Å². The summed E-state index contributed by atoms with van der Waals surface area (Å²) in [7, 11) is 1.60. The van der Waals surface area contributed by atoms with Crippen molar-refractivity contribution in [2.45, 2.75) is 19.1 Å². The summed E-state index contributed by atoms with van der Waals surface area (Å²) in [5.41, 5.74) is 2.41. The number of aromatic amines is 1. The zero-order chi connectivity index (χ0) is 12.8. The van der Waals surface area contributed by atoms with Gasteiger partial charge in [-0.05, 0) is 42.1 Å². The predicted octanol–water partition coefficient (Wildman–Crippen LogP) is 1.65. The fraction of sp³-hybridized carbons (Fsp3) is 0.429. The molecule has 0 aliphatic heterocycles. The minimum absolute atomic E-state index is 0.380. The SMILES string of the molecule is COCC(O)CCNCc1ccc2[nH]ccc2c1. The lowest BCUT2D eigenvalue weighted by Gasteiger charge is -2.10. The molecule has 0 spiro atoms. The zero-order valence-corrected chi connectivity index (χ0v) is 10.6. The normalized spacial score (nSPS) is 13.0. The van der Waals surface area contributed by atoms with E-state index in [1.807, 2.05) is 6.20 Å². The van der Waals surface area contributed by atoms with Gasteiger partial charge in [0, 0.05) is 25.4 Å². The van der Waals surface area contributed by atoms with Gasteiger partial charge in [0.15, 0.2) is 0 Å². The summed E-state index contributed by atoms with van der Waals surface area (Å²) >= 11 is 0. The molecular weight excluding hydrogens is 228 g/mol. The van der Waals surface area contributed by atoms with E-state index in [9.17, 15) is 5.11 Å². The number of fused-ring (bicyclic) bond motifs is 1. The highest BCUT2D eigenvalue weighted by Gasteiger charge is 2.02. The van der Waals surface area contributed by atoms with Crippen LogP contribution in [-0.4, -0.2) is 36.5 Å². The molecule has 0 aliphatic rings. The van der Waals surface area contributed by atoms with Gasteiger partial charge in [-0.3, -0.25) is 0 Å². The molecule has 3 N–H and O–H groups in total. The summed E-state index contributed by atoms with van der Waals surface area (Å²) in [5.74, 6) is 0. The smallest absolute Gasteiger partial charge is 0.0785 e. The van der Waals surface area contributed by atoms with E-state index >= 15 is 0 Å². The number of hydrogen-bond acceptors (Lipinski definition) is 3. The molecule has 0 bridgehead atoms. The summed E-state index contributed by atoms with van der Waals surface area (Å²) < 4.78 is 4.88. The number of methoxy groups -OCH3 is 1. The molecule has 2 rings (SSSR count). The minimum atomic E-state index is -0.380. The van der Waals surface area contributed by atoms with Crippen molar-refractivity contribution in [2.75, 3.05) is 20.3 Å². The quantitative estimate of drug-likeness (QED) is 0.653. The predicted molar refractivity (Wildman–Crippen MR) is 72.5 cm³/mol. The Morgan fingerprint density at radius 2 is 2.28 bits per heavy atom. The zero-order valence-electron chi connectivity index (χ0n) is 10.6. The van der Waals surface area contributed by atoms with Crippen LogP contribution in [0.25, 0.3) is 10.9 Å². The summed E-state index contributed by atoms with van der Waals surface area (Å²) in [6.45, 7) is 2.01. The van der Waals surface area contributed by atoms with Gasteiger partial charge in [0.2, 0.25) is 0 Å². The van der Waals surface area contributed by atoms with Gasteiger partial charge in [-0.2, -0.15) is 0 Å². The molecule has 2 aromatic rings. The molecule has 0 amide bonds. The number of benzene rings is 1. The van der Waals surface area contributed by atoms with Crippen molar-refractivity contribution in [3.63, 3.8) is 0 Å². The summed E-state index contributed by atoms with van der Waals surface area (Å²) in [6.07, 6.45) is 2.28. The number of aromatic nitrogens is 1. The number of rotatable bonds is 7. The monoisotopic (exact) mass is 248 g/mol. The van der Waals surface area contributed by atoms with Crippen LogP contribution in [0.1, 0.15) is 12.0 Å². The summed E-state index contributed by atoms with van der Waals surface area (Å²) in [6, 6.07) is 8.44. The van der Waals surface area contributed by atoms with Gasteiger partial charge in [0.05, 0.1) is 12.7 Å². The maximum atomic E-state index is 9.49. The van der Waals surface area contributed by atoms with E-state index in [-0.39, 0.29) is 6.10 Å². The van der Waals surface area contributed by atoms with Gasteiger partial charge < -0.3 is 20.1 Å². The Bertz CT molecular complexity index is 481. The third-order valence-electron chi connectivity index (χ3n) is 2.96. The van der Waals surface area contributed by atoms with Crippen LogP contribution in [-0.2, 0) is 11.3 Å². The van der Waals surface area contributed by atoms with Crippen molar-refractivity contribution in [3.8, 4) is 0 Å². The van der Waals surface area contributed by atoms with Gasteiger partial charge in [0.25, 0.3) is 0 Å². The van der Waals surface area contributed by atoms with Crippen molar-refractivity contribution < 1.29 is 9.84 Å². The Kier molecular flexibility index (Phi) is 4.75. The Labute approximate surface area is 107 Å². The van der Waals surface area contributed by atoms with E-state index in [0.29, 0.717) is 13.0 Å². The van der Waals surface area contributed by atoms with Gasteiger partial charge in [-0.1, -0.05) is 6.07 Å². The van der Waals surface area contributed by atoms with E-state index in [4.69, 9.17) is 4.74 Å². The number of ether oxygens (including phenoxy) is 1. The van der Waals surface area contributed by atoms with E-state index in [1.165, 1.54) is 10.9 Å². The maximum absolute atomic E-state index is 9.49. The first-order valence-electron chi connectivity index (χ1n) is 6.23. The van der Waals surface area contributed by atoms with Crippen LogP contribution in [0.3, 0.4) is 0 Å². The highest BCUT2D eigenvalue weighted by atomic mass is 16.5. The summed E-state index contributed by atoms with van der Waals surface area (Å²) in [5, 5.41) is 14.0. The van der Waals surface area contributed by atoms with E-state index < -0.39 is 0 Å². The number of aliphatic hydroxyl groups is 1. The van der Waals surface area contributed by atoms with E-state index in [0.717, 1.165) is 18.6 Å². The maximum Gasteiger partial charge on any atom is 0.0785 e. The largest absolute Gasteiger partial charge is 0.391 e. The molecule has 0 saturated heterocycles. The van der Waals surface area contributed by atoms with Crippen molar-refractivity contribution in [2.24, 2.45) is 0 Å². The van der Waals surface area contributed by atoms with Gasteiger partial charge in [-0.15, -0.1) is 0 Å². The molecule has 1 aromatic heterocycles. The Balaban J connectivity index is 1.76. The average Bonchev–Trinajstić information content (AvgIpc) is 2.82. The van der Waals surface area contributed by atoms with Crippen molar-refractivity contribution in [1.82, 2.24) is 10.3 Å². The fourth-order valence-electron chi connectivity index (χ4n) is 1.99. The molecule has 0 radical (unpaired) electrons. The van der Waals surface area contributed by atoms with Gasteiger partial charge in [0.1, 0.15) is 0 Å². The summed E-state index contributed by atoms with van der Waals surface area (Å²) in [4.78, 5) is 3.18. The molecule has 1 atom stereocenters. The lowest BCUT2D eigenvalue weighted by molar-refractivity contribution is 0.0594.